The van der Waals surface area contributed by atoms with Crippen molar-refractivity contribution in [3.05, 3.63) is 87.7 Å². The highest BCUT2D eigenvalue weighted by atomic mass is 35.5. The second kappa shape index (κ2) is 7.93. The number of ether oxygens (including phenoxy) is 1. The van der Waals surface area contributed by atoms with Gasteiger partial charge in [-0.25, -0.2) is 4.98 Å². The third-order valence-corrected chi connectivity index (χ3v) is 4.67. The zero-order valence-electron chi connectivity index (χ0n) is 14.9. The summed E-state index contributed by atoms with van der Waals surface area (Å²) in [5.41, 5.74) is 8.12. The number of nitrogens with zero attached hydrogens (tertiary/aromatic N) is 3. The Balaban J connectivity index is 1.71. The number of H-pyrrole nitrogens is 1. The molecule has 1 atom stereocenters. The van der Waals surface area contributed by atoms with Gasteiger partial charge in [-0.1, -0.05) is 48.0 Å². The van der Waals surface area contributed by atoms with E-state index >= 15 is 0 Å². The Kier molecular flexibility index (Phi) is 5.21. The van der Waals surface area contributed by atoms with Gasteiger partial charge in [0.1, 0.15) is 5.82 Å². The molecule has 2 aromatic heterocycles. The monoisotopic (exact) mass is 395 g/mol. The highest BCUT2D eigenvalue weighted by Gasteiger charge is 2.20. The topological polar surface area (TPSA) is 98.8 Å². The lowest BCUT2D eigenvalue weighted by atomic mass is 10.2. The molecule has 3 N–H and O–H groups in total. The Bertz CT molecular complexity index is 1140. The first-order valence-corrected chi connectivity index (χ1v) is 9.10. The van der Waals surface area contributed by atoms with Crippen molar-refractivity contribution in [2.45, 2.75) is 12.6 Å². The summed E-state index contributed by atoms with van der Waals surface area (Å²) in [5.74, 6) is 0.384. The number of hydrogen-bond acceptors (Lipinski definition) is 5. The van der Waals surface area contributed by atoms with E-state index in [0.717, 1.165) is 5.56 Å². The number of aromatic nitrogens is 4. The molecule has 0 unspecified atom stereocenters. The van der Waals surface area contributed by atoms with Crippen LogP contribution in [0.15, 0.2) is 65.7 Å². The summed E-state index contributed by atoms with van der Waals surface area (Å²) in [7, 11) is 0. The van der Waals surface area contributed by atoms with Crippen LogP contribution in [-0.4, -0.2) is 26.4 Å². The van der Waals surface area contributed by atoms with E-state index in [1.54, 1.807) is 24.4 Å². The van der Waals surface area contributed by atoms with E-state index in [1.165, 1.54) is 10.8 Å². The van der Waals surface area contributed by atoms with Gasteiger partial charge in [0.05, 0.1) is 47.1 Å². The highest BCUT2D eigenvalue weighted by molar-refractivity contribution is 6.35. The highest BCUT2D eigenvalue weighted by Crippen LogP contribution is 2.22. The normalized spacial score (nSPS) is 12.4. The van der Waals surface area contributed by atoms with Gasteiger partial charge >= 0.3 is 0 Å². The maximum atomic E-state index is 13.2. The van der Waals surface area contributed by atoms with E-state index in [0.29, 0.717) is 34.0 Å². The van der Waals surface area contributed by atoms with Crippen LogP contribution in [0.25, 0.3) is 16.6 Å². The van der Waals surface area contributed by atoms with Gasteiger partial charge < -0.3 is 10.5 Å². The van der Waals surface area contributed by atoms with Crippen molar-refractivity contribution in [3.63, 3.8) is 0 Å². The maximum absolute atomic E-state index is 13.2. The van der Waals surface area contributed by atoms with Crippen LogP contribution in [0.5, 0.6) is 0 Å². The summed E-state index contributed by atoms with van der Waals surface area (Å²) in [5, 5.41) is 7.31. The number of aromatic amines is 1. The summed E-state index contributed by atoms with van der Waals surface area (Å²) in [6, 6.07) is 14.3. The Hall–Kier alpha value is -3.00. The Morgan fingerprint density at radius 1 is 1.18 bits per heavy atom. The molecule has 0 aliphatic carbocycles. The van der Waals surface area contributed by atoms with Crippen LogP contribution in [0.4, 0.5) is 0 Å². The SMILES string of the molecule is N[C@@H](COCc1ccccc1)c1nc2cccc(Cl)c2c(=O)n1-c1cn[nH]c1. The molecule has 142 valence electrons. The molecule has 0 spiro atoms. The van der Waals surface area contributed by atoms with Crippen LogP contribution >= 0.6 is 11.6 Å². The minimum Gasteiger partial charge on any atom is -0.375 e. The molecule has 0 saturated heterocycles. The van der Waals surface area contributed by atoms with Crippen LogP contribution in [0, 0.1) is 0 Å². The molecule has 0 aliphatic heterocycles. The first-order valence-electron chi connectivity index (χ1n) is 8.72. The van der Waals surface area contributed by atoms with Gasteiger partial charge in [0.15, 0.2) is 0 Å². The number of halogens is 1. The van der Waals surface area contributed by atoms with Crippen molar-refractivity contribution in [1.29, 1.82) is 0 Å². The number of fused-ring (bicyclic) bond motifs is 1. The lowest BCUT2D eigenvalue weighted by Crippen LogP contribution is -2.30. The fourth-order valence-electron chi connectivity index (χ4n) is 3.02. The predicted molar refractivity (Wildman–Crippen MR) is 108 cm³/mol. The van der Waals surface area contributed by atoms with E-state index in [2.05, 4.69) is 15.2 Å². The second-order valence-electron chi connectivity index (χ2n) is 6.31. The second-order valence-corrected chi connectivity index (χ2v) is 6.72. The molecule has 0 bridgehead atoms. The number of benzene rings is 2. The summed E-state index contributed by atoms with van der Waals surface area (Å²) in [6.07, 6.45) is 3.14. The molecule has 0 aliphatic rings. The van der Waals surface area contributed by atoms with Crippen molar-refractivity contribution in [2.75, 3.05) is 6.61 Å². The fourth-order valence-corrected chi connectivity index (χ4v) is 3.27. The van der Waals surface area contributed by atoms with Crippen molar-refractivity contribution in [1.82, 2.24) is 19.7 Å². The zero-order chi connectivity index (χ0) is 19.5. The van der Waals surface area contributed by atoms with Crippen LogP contribution in [0.3, 0.4) is 0 Å². The van der Waals surface area contributed by atoms with Crippen molar-refractivity contribution in [3.8, 4) is 5.69 Å². The zero-order valence-corrected chi connectivity index (χ0v) is 15.6. The van der Waals surface area contributed by atoms with E-state index in [-0.39, 0.29) is 12.2 Å². The van der Waals surface area contributed by atoms with Crippen molar-refractivity contribution < 1.29 is 4.74 Å². The summed E-state index contributed by atoms with van der Waals surface area (Å²) in [4.78, 5) is 17.8. The first-order chi connectivity index (χ1) is 13.6. The van der Waals surface area contributed by atoms with Crippen LogP contribution < -0.4 is 11.3 Å². The summed E-state index contributed by atoms with van der Waals surface area (Å²) < 4.78 is 7.18. The molecule has 4 aromatic rings. The number of rotatable bonds is 6. The van der Waals surface area contributed by atoms with Gasteiger partial charge in [-0.2, -0.15) is 5.10 Å². The molecule has 2 aromatic carbocycles. The van der Waals surface area contributed by atoms with E-state index in [4.69, 9.17) is 22.1 Å². The minimum atomic E-state index is -0.616. The summed E-state index contributed by atoms with van der Waals surface area (Å²) in [6.45, 7) is 0.620. The summed E-state index contributed by atoms with van der Waals surface area (Å²) >= 11 is 6.25. The van der Waals surface area contributed by atoms with Crippen LogP contribution in [0.2, 0.25) is 5.02 Å². The number of nitrogens with one attached hydrogen (secondary N) is 1. The number of hydrogen-bond donors (Lipinski definition) is 2. The first kappa shape index (κ1) is 18.4. The Morgan fingerprint density at radius 3 is 2.75 bits per heavy atom. The quantitative estimate of drug-likeness (QED) is 0.523. The standard InChI is InChI=1S/C20H18ClN5O2/c21-15-7-4-8-17-18(15)20(27)26(14-9-23-24-10-14)19(25-17)16(22)12-28-11-13-5-2-1-3-6-13/h1-10,16H,11-12,22H2,(H,23,24)/t16-/m0/s1. The van der Waals surface area contributed by atoms with E-state index in [9.17, 15) is 4.79 Å². The minimum absolute atomic E-state index is 0.200. The molecule has 7 nitrogen and oxygen atoms in total. The van der Waals surface area contributed by atoms with Gasteiger partial charge in [0.2, 0.25) is 0 Å². The van der Waals surface area contributed by atoms with E-state index < -0.39 is 6.04 Å². The van der Waals surface area contributed by atoms with Crippen LogP contribution in [-0.2, 0) is 11.3 Å². The number of nitrogens with two attached hydrogens (primary N) is 1. The average Bonchev–Trinajstić information content (AvgIpc) is 3.22. The average molecular weight is 396 g/mol. The molecule has 2 heterocycles. The Labute approximate surface area is 165 Å². The lowest BCUT2D eigenvalue weighted by molar-refractivity contribution is 0.105. The molecule has 0 radical (unpaired) electrons. The molecular weight excluding hydrogens is 378 g/mol. The van der Waals surface area contributed by atoms with Gasteiger partial charge in [-0.3, -0.25) is 14.5 Å². The maximum Gasteiger partial charge on any atom is 0.267 e. The van der Waals surface area contributed by atoms with Gasteiger partial charge in [0, 0.05) is 6.20 Å². The predicted octanol–water partition coefficient (Wildman–Crippen LogP) is 2.98. The molecular formula is C20H18ClN5O2. The van der Waals surface area contributed by atoms with Gasteiger partial charge in [-0.05, 0) is 17.7 Å². The van der Waals surface area contributed by atoms with Gasteiger partial charge in [-0.15, -0.1) is 0 Å². The largest absolute Gasteiger partial charge is 0.375 e. The smallest absolute Gasteiger partial charge is 0.267 e. The van der Waals surface area contributed by atoms with Crippen LogP contribution in [0.1, 0.15) is 17.4 Å². The van der Waals surface area contributed by atoms with Crippen molar-refractivity contribution in [2.24, 2.45) is 5.73 Å². The molecule has 4 rings (SSSR count). The third-order valence-electron chi connectivity index (χ3n) is 4.36. The molecule has 0 amide bonds. The van der Waals surface area contributed by atoms with Gasteiger partial charge in [0.25, 0.3) is 5.56 Å². The molecule has 28 heavy (non-hydrogen) atoms. The molecule has 0 saturated carbocycles. The van der Waals surface area contributed by atoms with Crippen molar-refractivity contribution >= 4 is 22.5 Å². The molecule has 8 heteroatoms. The van der Waals surface area contributed by atoms with E-state index in [1.807, 2.05) is 30.3 Å². The lowest BCUT2D eigenvalue weighted by Gasteiger charge is -2.18. The third kappa shape index (κ3) is 3.55. The Morgan fingerprint density at radius 2 is 2.00 bits per heavy atom. The fraction of sp³-hybridized carbons (Fsp3) is 0.150. The molecule has 0 fully saturated rings.